The summed E-state index contributed by atoms with van der Waals surface area (Å²) >= 11 is 0. The first-order chi connectivity index (χ1) is 17.2. The van der Waals surface area contributed by atoms with Crippen molar-refractivity contribution in [3.63, 3.8) is 0 Å². The van der Waals surface area contributed by atoms with Gasteiger partial charge in [-0.2, -0.15) is 0 Å². The van der Waals surface area contributed by atoms with Crippen molar-refractivity contribution < 1.29 is 32.1 Å². The molecule has 2 aromatic carbocycles. The molecule has 6 rings (SSSR count). The molecular weight excluding hydrogens is 475 g/mol. The number of hydrogen-bond acceptors (Lipinski definition) is 7. The van der Waals surface area contributed by atoms with Gasteiger partial charge < -0.3 is 29.6 Å². The normalized spacial score (nSPS) is 25.8. The average Bonchev–Trinajstić information content (AvgIpc) is 2.82. The topological polar surface area (TPSA) is 78.5 Å². The van der Waals surface area contributed by atoms with E-state index in [1.807, 2.05) is 17.9 Å². The van der Waals surface area contributed by atoms with Crippen LogP contribution in [0.4, 0.5) is 18.9 Å². The summed E-state index contributed by atoms with van der Waals surface area (Å²) in [6, 6.07) is 8.42. The van der Waals surface area contributed by atoms with Crippen LogP contribution in [0.1, 0.15) is 30.9 Å². The summed E-state index contributed by atoms with van der Waals surface area (Å²) in [5.74, 6) is -2.15. The Labute approximate surface area is 207 Å². The standard InChI is InChI=1S/C26H28F3N3O4/c1-24(12-34-13-24)14-35-17-9-19-23(20(27)10-17)36-21-3-2-16(32-6-4-25(28,29)5-7-32)8-18(21)26(19)15-33-11-22(30)31-26/h2-3,8-10H,4-7,11-15H2,1H3,(H2,30,31). The maximum Gasteiger partial charge on any atom is 0.251 e. The minimum absolute atomic E-state index is 0.0421. The first kappa shape index (κ1) is 23.4. The van der Waals surface area contributed by atoms with Gasteiger partial charge in [0.05, 0.1) is 26.4 Å². The first-order valence-corrected chi connectivity index (χ1v) is 12.1. The van der Waals surface area contributed by atoms with Gasteiger partial charge in [0.2, 0.25) is 0 Å². The second kappa shape index (κ2) is 8.27. The van der Waals surface area contributed by atoms with Crippen LogP contribution in [-0.2, 0) is 15.0 Å². The fraction of sp³-hybridized carbons (Fsp3) is 0.500. The van der Waals surface area contributed by atoms with E-state index in [4.69, 9.17) is 29.7 Å². The lowest BCUT2D eigenvalue weighted by Gasteiger charge is -2.41. The van der Waals surface area contributed by atoms with Crippen LogP contribution in [0.3, 0.4) is 0 Å². The van der Waals surface area contributed by atoms with Crippen LogP contribution in [0.25, 0.3) is 0 Å². The van der Waals surface area contributed by atoms with Crippen molar-refractivity contribution >= 4 is 11.5 Å². The quantitative estimate of drug-likeness (QED) is 0.674. The molecule has 10 heteroatoms. The highest BCUT2D eigenvalue weighted by atomic mass is 19.3. The van der Waals surface area contributed by atoms with Crippen molar-refractivity contribution in [3.05, 3.63) is 47.3 Å². The van der Waals surface area contributed by atoms with Crippen molar-refractivity contribution in [1.29, 1.82) is 0 Å². The molecule has 0 aliphatic carbocycles. The van der Waals surface area contributed by atoms with E-state index in [-0.39, 0.29) is 56.1 Å². The van der Waals surface area contributed by atoms with Gasteiger partial charge in [0.15, 0.2) is 11.6 Å². The van der Waals surface area contributed by atoms with Gasteiger partial charge in [-0.3, -0.25) is 4.99 Å². The maximum absolute atomic E-state index is 15.4. The molecule has 1 atom stereocenters. The summed E-state index contributed by atoms with van der Waals surface area (Å²) in [6.45, 7) is 4.32. The average molecular weight is 504 g/mol. The molecule has 1 unspecified atom stereocenters. The van der Waals surface area contributed by atoms with Gasteiger partial charge in [-0.15, -0.1) is 0 Å². The summed E-state index contributed by atoms with van der Waals surface area (Å²) in [5.41, 5.74) is 6.71. The van der Waals surface area contributed by atoms with Gasteiger partial charge in [0.25, 0.3) is 5.92 Å². The van der Waals surface area contributed by atoms with E-state index < -0.39 is 17.3 Å². The molecule has 2 N–H and O–H groups in total. The summed E-state index contributed by atoms with van der Waals surface area (Å²) in [4.78, 5) is 6.71. The molecule has 2 saturated heterocycles. The molecule has 7 nitrogen and oxygen atoms in total. The van der Waals surface area contributed by atoms with Gasteiger partial charge in [-0.1, -0.05) is 6.92 Å². The van der Waals surface area contributed by atoms with Gasteiger partial charge in [0, 0.05) is 54.2 Å². The van der Waals surface area contributed by atoms with Gasteiger partial charge in [0.1, 0.15) is 29.5 Å². The van der Waals surface area contributed by atoms with Crippen molar-refractivity contribution in [2.45, 2.75) is 31.2 Å². The lowest BCUT2D eigenvalue weighted by Crippen LogP contribution is -2.44. The summed E-state index contributed by atoms with van der Waals surface area (Å²) in [5, 5.41) is 0. The highest BCUT2D eigenvalue weighted by Gasteiger charge is 2.47. The van der Waals surface area contributed by atoms with E-state index in [1.54, 1.807) is 18.2 Å². The molecule has 2 aromatic rings. The molecule has 0 bridgehead atoms. The highest BCUT2D eigenvalue weighted by molar-refractivity contribution is 5.84. The lowest BCUT2D eigenvalue weighted by molar-refractivity contribution is -0.120. The third-order valence-electron chi connectivity index (χ3n) is 7.33. The maximum atomic E-state index is 15.4. The van der Waals surface area contributed by atoms with E-state index in [0.29, 0.717) is 42.4 Å². The van der Waals surface area contributed by atoms with Crippen molar-refractivity contribution in [2.24, 2.45) is 16.1 Å². The molecule has 0 amide bonds. The van der Waals surface area contributed by atoms with Crippen LogP contribution in [0.5, 0.6) is 17.2 Å². The van der Waals surface area contributed by atoms with E-state index >= 15 is 4.39 Å². The van der Waals surface area contributed by atoms with Crippen LogP contribution in [0.2, 0.25) is 0 Å². The van der Waals surface area contributed by atoms with Gasteiger partial charge >= 0.3 is 0 Å². The Morgan fingerprint density at radius 2 is 1.83 bits per heavy atom. The number of piperidine rings is 1. The lowest BCUT2D eigenvalue weighted by atomic mass is 9.80. The highest BCUT2D eigenvalue weighted by Crippen LogP contribution is 2.53. The molecule has 0 saturated carbocycles. The van der Waals surface area contributed by atoms with Crippen LogP contribution in [-0.4, -0.2) is 57.9 Å². The number of amidine groups is 1. The number of hydrogen-bond donors (Lipinski definition) is 1. The predicted molar refractivity (Wildman–Crippen MR) is 127 cm³/mol. The van der Waals surface area contributed by atoms with Crippen LogP contribution < -0.4 is 20.1 Å². The van der Waals surface area contributed by atoms with E-state index in [1.165, 1.54) is 6.07 Å². The second-order valence-electron chi connectivity index (χ2n) is 10.5. The summed E-state index contributed by atoms with van der Waals surface area (Å²) in [6.07, 6.45) is -0.419. The number of alkyl halides is 2. The first-order valence-electron chi connectivity index (χ1n) is 12.1. The van der Waals surface area contributed by atoms with E-state index in [2.05, 4.69) is 0 Å². The Morgan fingerprint density at radius 1 is 1.06 bits per heavy atom. The number of rotatable bonds is 4. The fourth-order valence-electron chi connectivity index (χ4n) is 5.22. The Bertz CT molecular complexity index is 1220. The zero-order valence-corrected chi connectivity index (χ0v) is 20.0. The van der Waals surface area contributed by atoms with Crippen molar-refractivity contribution in [1.82, 2.24) is 0 Å². The Morgan fingerprint density at radius 3 is 2.53 bits per heavy atom. The minimum Gasteiger partial charge on any atom is -0.493 e. The molecule has 36 heavy (non-hydrogen) atoms. The Balaban J connectivity index is 1.41. The summed E-state index contributed by atoms with van der Waals surface area (Å²) in [7, 11) is 0. The molecule has 4 heterocycles. The Kier molecular flexibility index (Phi) is 5.38. The van der Waals surface area contributed by atoms with Gasteiger partial charge in [-0.05, 0) is 24.3 Å². The van der Waals surface area contributed by atoms with Crippen molar-refractivity contribution in [3.8, 4) is 17.2 Å². The fourth-order valence-corrected chi connectivity index (χ4v) is 5.22. The van der Waals surface area contributed by atoms with Crippen LogP contribution in [0.15, 0.2) is 35.3 Å². The number of fused-ring (bicyclic) bond motifs is 4. The molecule has 1 spiro atoms. The third kappa shape index (κ3) is 3.96. The molecule has 0 radical (unpaired) electrons. The number of nitrogens with zero attached hydrogens (tertiary/aromatic N) is 2. The smallest absolute Gasteiger partial charge is 0.251 e. The molecule has 2 fully saturated rings. The number of ether oxygens (including phenoxy) is 4. The number of nitrogens with two attached hydrogens (primary N) is 1. The molecule has 4 aliphatic rings. The molecule has 192 valence electrons. The molecular formula is C26H28F3N3O4. The largest absolute Gasteiger partial charge is 0.493 e. The number of aliphatic imine (C=N–C) groups is 1. The zero-order valence-electron chi connectivity index (χ0n) is 20.0. The predicted octanol–water partition coefficient (Wildman–Crippen LogP) is 4.21. The van der Waals surface area contributed by atoms with Crippen LogP contribution >= 0.6 is 0 Å². The van der Waals surface area contributed by atoms with Crippen LogP contribution in [0, 0.1) is 11.2 Å². The minimum atomic E-state index is -2.65. The monoisotopic (exact) mass is 503 g/mol. The van der Waals surface area contributed by atoms with E-state index in [0.717, 1.165) is 5.69 Å². The molecule has 0 aromatic heterocycles. The number of halogens is 3. The number of benzene rings is 2. The van der Waals surface area contributed by atoms with Gasteiger partial charge in [-0.25, -0.2) is 13.2 Å². The zero-order chi connectivity index (χ0) is 25.1. The third-order valence-corrected chi connectivity index (χ3v) is 7.33. The summed E-state index contributed by atoms with van der Waals surface area (Å²) < 4.78 is 66.0. The van der Waals surface area contributed by atoms with E-state index in [9.17, 15) is 8.78 Å². The SMILES string of the molecule is CC1(COc2cc(F)c3c(c2)C2(COCC(N)=N2)c2cc(N4CCC(F)(F)CC4)ccc2O3)COC1. The Hall–Kier alpha value is -2.98. The second-order valence-corrected chi connectivity index (χ2v) is 10.5. The number of anilines is 1. The van der Waals surface area contributed by atoms with Crippen molar-refractivity contribution in [2.75, 3.05) is 51.0 Å². The molecule has 4 aliphatic heterocycles.